The fourth-order valence-corrected chi connectivity index (χ4v) is 2.68. The van der Waals surface area contributed by atoms with Crippen molar-refractivity contribution in [1.82, 2.24) is 9.97 Å². The van der Waals surface area contributed by atoms with Crippen LogP contribution in [0.15, 0.2) is 24.3 Å². The molecule has 0 bridgehead atoms. The summed E-state index contributed by atoms with van der Waals surface area (Å²) in [6.07, 6.45) is 2.24. The van der Waals surface area contributed by atoms with E-state index in [0.29, 0.717) is 5.95 Å². The second-order valence-electron chi connectivity index (χ2n) is 5.11. The summed E-state index contributed by atoms with van der Waals surface area (Å²) in [7, 11) is 1.83. The molecule has 0 saturated heterocycles. The molecule has 104 valence electrons. The van der Waals surface area contributed by atoms with Gasteiger partial charge in [-0.15, -0.1) is 0 Å². The first-order valence-electron chi connectivity index (χ1n) is 6.87. The summed E-state index contributed by atoms with van der Waals surface area (Å²) in [6, 6.07) is 8.50. The first kappa shape index (κ1) is 12.7. The Bertz CT molecular complexity index is 638. The fourth-order valence-electron chi connectivity index (χ4n) is 2.68. The molecular weight excluding hydrogens is 250 g/mol. The van der Waals surface area contributed by atoms with Crippen molar-refractivity contribution in [2.45, 2.75) is 19.8 Å². The zero-order valence-corrected chi connectivity index (χ0v) is 11.8. The number of nitrogens with two attached hydrogens (primary N) is 1. The predicted octanol–water partition coefficient (Wildman–Crippen LogP) is 2.49. The molecule has 2 aromatic rings. The van der Waals surface area contributed by atoms with Crippen LogP contribution in [0.5, 0.6) is 0 Å². The number of aromatic nitrogens is 2. The van der Waals surface area contributed by atoms with Gasteiger partial charge in [-0.25, -0.2) is 0 Å². The number of hydrogen-bond donors (Lipinski definition) is 2. The molecule has 0 spiro atoms. The summed E-state index contributed by atoms with van der Waals surface area (Å²) in [5.41, 5.74) is 9.69. The standard InChI is InChI=1S/C15H19N5/c1-10-5-6-12-11(8-10)4-3-7-20(12)14-9-13(17-2)18-15(16)19-14/h5-6,8-9H,3-4,7H2,1-2H3,(H3,16,17,18,19). The number of fused-ring (bicyclic) bond motifs is 1. The molecule has 0 radical (unpaired) electrons. The molecule has 0 unspecified atom stereocenters. The molecule has 0 aliphatic carbocycles. The molecule has 20 heavy (non-hydrogen) atoms. The van der Waals surface area contributed by atoms with Crippen molar-refractivity contribution < 1.29 is 0 Å². The number of aryl methyl sites for hydroxylation is 2. The molecule has 1 aromatic carbocycles. The zero-order chi connectivity index (χ0) is 14.1. The van der Waals surface area contributed by atoms with Crippen LogP contribution >= 0.6 is 0 Å². The molecule has 1 aliphatic rings. The Morgan fingerprint density at radius 1 is 1.25 bits per heavy atom. The summed E-state index contributed by atoms with van der Waals surface area (Å²) >= 11 is 0. The van der Waals surface area contributed by atoms with Crippen molar-refractivity contribution in [3.63, 3.8) is 0 Å². The molecule has 5 nitrogen and oxygen atoms in total. The Labute approximate surface area is 118 Å². The lowest BCUT2D eigenvalue weighted by molar-refractivity contribution is 0.758. The normalized spacial score (nSPS) is 14.0. The van der Waals surface area contributed by atoms with Crippen LogP contribution in [0.1, 0.15) is 17.5 Å². The largest absolute Gasteiger partial charge is 0.373 e. The highest BCUT2D eigenvalue weighted by molar-refractivity contribution is 5.68. The summed E-state index contributed by atoms with van der Waals surface area (Å²) in [6.45, 7) is 3.08. The summed E-state index contributed by atoms with van der Waals surface area (Å²) < 4.78 is 0. The molecule has 1 aliphatic heterocycles. The second kappa shape index (κ2) is 5.00. The number of nitrogens with zero attached hydrogens (tertiary/aromatic N) is 3. The van der Waals surface area contributed by atoms with Gasteiger partial charge in [-0.3, -0.25) is 0 Å². The van der Waals surface area contributed by atoms with E-state index in [-0.39, 0.29) is 0 Å². The topological polar surface area (TPSA) is 67.1 Å². The minimum atomic E-state index is 0.297. The zero-order valence-electron chi connectivity index (χ0n) is 11.8. The molecule has 5 heteroatoms. The molecule has 0 atom stereocenters. The Hall–Kier alpha value is -2.30. The number of benzene rings is 1. The van der Waals surface area contributed by atoms with Crippen molar-refractivity contribution in [1.29, 1.82) is 0 Å². The van der Waals surface area contributed by atoms with Crippen molar-refractivity contribution in [2.24, 2.45) is 0 Å². The van der Waals surface area contributed by atoms with E-state index in [1.807, 2.05) is 13.1 Å². The Morgan fingerprint density at radius 2 is 2.10 bits per heavy atom. The fraction of sp³-hybridized carbons (Fsp3) is 0.333. The minimum absolute atomic E-state index is 0.297. The number of anilines is 4. The molecule has 3 rings (SSSR count). The number of nitrogens with one attached hydrogen (secondary N) is 1. The second-order valence-corrected chi connectivity index (χ2v) is 5.11. The lowest BCUT2D eigenvalue weighted by Crippen LogP contribution is -2.26. The monoisotopic (exact) mass is 269 g/mol. The van der Waals surface area contributed by atoms with Crippen LogP contribution in [0.25, 0.3) is 0 Å². The summed E-state index contributed by atoms with van der Waals surface area (Å²) in [5.74, 6) is 1.89. The Morgan fingerprint density at radius 3 is 2.90 bits per heavy atom. The molecule has 3 N–H and O–H groups in total. The van der Waals surface area contributed by atoms with Gasteiger partial charge in [0, 0.05) is 25.3 Å². The van der Waals surface area contributed by atoms with Crippen LogP contribution in [0.4, 0.5) is 23.3 Å². The molecule has 2 heterocycles. The Balaban J connectivity index is 2.06. The third-order valence-corrected chi connectivity index (χ3v) is 3.62. The van der Waals surface area contributed by atoms with E-state index >= 15 is 0 Å². The van der Waals surface area contributed by atoms with Gasteiger partial charge in [-0.05, 0) is 31.4 Å². The molecule has 0 fully saturated rings. The van der Waals surface area contributed by atoms with Crippen LogP contribution in [-0.4, -0.2) is 23.6 Å². The van der Waals surface area contributed by atoms with Gasteiger partial charge in [0.05, 0.1) is 0 Å². The van der Waals surface area contributed by atoms with E-state index in [4.69, 9.17) is 5.73 Å². The van der Waals surface area contributed by atoms with Crippen molar-refractivity contribution in [2.75, 3.05) is 29.5 Å². The summed E-state index contributed by atoms with van der Waals surface area (Å²) in [5, 5.41) is 3.02. The van der Waals surface area contributed by atoms with E-state index in [9.17, 15) is 0 Å². The van der Waals surface area contributed by atoms with Gasteiger partial charge in [-0.1, -0.05) is 17.7 Å². The van der Waals surface area contributed by atoms with Gasteiger partial charge >= 0.3 is 0 Å². The summed E-state index contributed by atoms with van der Waals surface area (Å²) in [4.78, 5) is 10.7. The van der Waals surface area contributed by atoms with E-state index in [2.05, 4.69) is 45.3 Å². The van der Waals surface area contributed by atoms with E-state index in [1.54, 1.807) is 0 Å². The minimum Gasteiger partial charge on any atom is -0.373 e. The van der Waals surface area contributed by atoms with Crippen LogP contribution in [-0.2, 0) is 6.42 Å². The van der Waals surface area contributed by atoms with Crippen molar-refractivity contribution >= 4 is 23.3 Å². The van der Waals surface area contributed by atoms with E-state index < -0.39 is 0 Å². The van der Waals surface area contributed by atoms with Gasteiger partial charge in [-0.2, -0.15) is 9.97 Å². The third kappa shape index (κ3) is 2.27. The van der Waals surface area contributed by atoms with E-state index in [0.717, 1.165) is 31.0 Å². The highest BCUT2D eigenvalue weighted by atomic mass is 15.2. The van der Waals surface area contributed by atoms with Crippen LogP contribution in [0.3, 0.4) is 0 Å². The van der Waals surface area contributed by atoms with Gasteiger partial charge in [0.1, 0.15) is 11.6 Å². The smallest absolute Gasteiger partial charge is 0.223 e. The van der Waals surface area contributed by atoms with Gasteiger partial charge in [0.25, 0.3) is 0 Å². The highest BCUT2D eigenvalue weighted by Gasteiger charge is 2.20. The van der Waals surface area contributed by atoms with Crippen LogP contribution in [0, 0.1) is 6.92 Å². The quantitative estimate of drug-likeness (QED) is 0.876. The van der Waals surface area contributed by atoms with Crippen LogP contribution in [0.2, 0.25) is 0 Å². The van der Waals surface area contributed by atoms with E-state index in [1.165, 1.54) is 16.8 Å². The third-order valence-electron chi connectivity index (χ3n) is 3.62. The number of hydrogen-bond acceptors (Lipinski definition) is 5. The number of nitrogen functional groups attached to an aromatic ring is 1. The lowest BCUT2D eigenvalue weighted by Gasteiger charge is -2.30. The average Bonchev–Trinajstić information content (AvgIpc) is 2.45. The molecule has 1 aromatic heterocycles. The van der Waals surface area contributed by atoms with Crippen molar-refractivity contribution in [3.05, 3.63) is 35.4 Å². The van der Waals surface area contributed by atoms with Gasteiger partial charge < -0.3 is 16.0 Å². The maximum Gasteiger partial charge on any atom is 0.223 e. The lowest BCUT2D eigenvalue weighted by atomic mass is 9.99. The van der Waals surface area contributed by atoms with Gasteiger partial charge in [0.2, 0.25) is 5.95 Å². The maximum absolute atomic E-state index is 5.80. The average molecular weight is 269 g/mol. The number of rotatable bonds is 2. The molecular formula is C15H19N5. The predicted molar refractivity (Wildman–Crippen MR) is 82.5 cm³/mol. The Kier molecular flexibility index (Phi) is 3.18. The van der Waals surface area contributed by atoms with Crippen molar-refractivity contribution in [3.8, 4) is 0 Å². The SMILES string of the molecule is CNc1cc(N2CCCc3cc(C)ccc32)nc(N)n1. The molecule has 0 saturated carbocycles. The van der Waals surface area contributed by atoms with Crippen LogP contribution < -0.4 is 16.0 Å². The highest BCUT2D eigenvalue weighted by Crippen LogP contribution is 2.33. The first-order chi connectivity index (χ1) is 9.67. The molecule has 0 amide bonds. The van der Waals surface area contributed by atoms with Gasteiger partial charge in [0.15, 0.2) is 0 Å². The first-order valence-corrected chi connectivity index (χ1v) is 6.87. The maximum atomic E-state index is 5.80.